The fraction of sp³-hybridized carbons (Fsp3) is 0. The van der Waals surface area contributed by atoms with Gasteiger partial charge in [-0.3, -0.25) is 0 Å². The SMILES string of the molecule is Nc1nc(-c2ccccc2S(N)(=O)=O)c(Cl)s1. The van der Waals surface area contributed by atoms with Gasteiger partial charge in [0.05, 0.1) is 4.90 Å². The van der Waals surface area contributed by atoms with Gasteiger partial charge in [0.25, 0.3) is 0 Å². The lowest BCUT2D eigenvalue weighted by molar-refractivity contribution is 0.598. The van der Waals surface area contributed by atoms with Gasteiger partial charge < -0.3 is 5.73 Å². The number of aromatic nitrogens is 1. The van der Waals surface area contributed by atoms with E-state index in [-0.39, 0.29) is 10.0 Å². The monoisotopic (exact) mass is 289 g/mol. The third kappa shape index (κ3) is 2.42. The van der Waals surface area contributed by atoms with Gasteiger partial charge in [-0.15, -0.1) is 0 Å². The summed E-state index contributed by atoms with van der Waals surface area (Å²) in [5.74, 6) is 0. The van der Waals surface area contributed by atoms with Crippen molar-refractivity contribution in [1.82, 2.24) is 4.98 Å². The van der Waals surface area contributed by atoms with Gasteiger partial charge in [-0.1, -0.05) is 41.1 Å². The van der Waals surface area contributed by atoms with Gasteiger partial charge >= 0.3 is 0 Å². The van der Waals surface area contributed by atoms with Crippen LogP contribution in [0, 0.1) is 0 Å². The second-order valence-electron chi connectivity index (χ2n) is 3.22. The number of nitrogens with two attached hydrogens (primary N) is 2. The maximum Gasteiger partial charge on any atom is 0.238 e. The Morgan fingerprint density at radius 2 is 1.94 bits per heavy atom. The molecular weight excluding hydrogens is 282 g/mol. The van der Waals surface area contributed by atoms with E-state index < -0.39 is 10.0 Å². The number of hydrogen-bond donors (Lipinski definition) is 2. The molecule has 0 radical (unpaired) electrons. The first-order valence-electron chi connectivity index (χ1n) is 4.43. The van der Waals surface area contributed by atoms with Crippen molar-refractivity contribution in [3.63, 3.8) is 0 Å². The van der Waals surface area contributed by atoms with Crippen LogP contribution >= 0.6 is 22.9 Å². The highest BCUT2D eigenvalue weighted by Gasteiger charge is 2.19. The van der Waals surface area contributed by atoms with Gasteiger partial charge in [0.15, 0.2) is 5.13 Å². The normalized spacial score (nSPS) is 11.6. The number of sulfonamides is 1. The lowest BCUT2D eigenvalue weighted by Gasteiger charge is -2.04. The topological polar surface area (TPSA) is 99.1 Å². The zero-order chi connectivity index (χ0) is 12.6. The Balaban J connectivity index is 2.73. The smallest absolute Gasteiger partial charge is 0.238 e. The van der Waals surface area contributed by atoms with Crippen molar-refractivity contribution in [3.05, 3.63) is 28.6 Å². The van der Waals surface area contributed by atoms with Crippen LogP contribution in [0.15, 0.2) is 29.2 Å². The third-order valence-corrected chi connectivity index (χ3v) is 4.10. The lowest BCUT2D eigenvalue weighted by atomic mass is 10.2. The highest BCUT2D eigenvalue weighted by Crippen LogP contribution is 2.36. The van der Waals surface area contributed by atoms with Crippen molar-refractivity contribution in [1.29, 1.82) is 0 Å². The Hall–Kier alpha value is -1.15. The first-order chi connectivity index (χ1) is 7.89. The summed E-state index contributed by atoms with van der Waals surface area (Å²) in [5.41, 5.74) is 6.20. The zero-order valence-electron chi connectivity index (χ0n) is 8.42. The summed E-state index contributed by atoms with van der Waals surface area (Å²) in [5, 5.41) is 5.40. The molecular formula is C9H8ClN3O2S2. The molecule has 0 atom stereocenters. The summed E-state index contributed by atoms with van der Waals surface area (Å²) in [7, 11) is -3.82. The number of thiazole rings is 1. The maximum atomic E-state index is 11.4. The van der Waals surface area contributed by atoms with E-state index in [0.29, 0.717) is 15.6 Å². The Morgan fingerprint density at radius 1 is 1.29 bits per heavy atom. The Kier molecular flexibility index (Phi) is 3.09. The van der Waals surface area contributed by atoms with E-state index in [2.05, 4.69) is 4.98 Å². The molecule has 0 aliphatic heterocycles. The molecule has 1 aromatic carbocycles. The number of nitrogen functional groups attached to an aromatic ring is 1. The molecule has 0 saturated carbocycles. The van der Waals surface area contributed by atoms with E-state index in [9.17, 15) is 8.42 Å². The molecule has 2 aromatic rings. The average Bonchev–Trinajstić information content (AvgIpc) is 2.56. The molecule has 0 fully saturated rings. The largest absolute Gasteiger partial charge is 0.375 e. The fourth-order valence-electron chi connectivity index (χ4n) is 1.39. The summed E-state index contributed by atoms with van der Waals surface area (Å²) in [6.07, 6.45) is 0. The zero-order valence-corrected chi connectivity index (χ0v) is 10.8. The van der Waals surface area contributed by atoms with E-state index in [1.54, 1.807) is 18.2 Å². The van der Waals surface area contributed by atoms with Gasteiger partial charge in [0.2, 0.25) is 10.0 Å². The molecule has 1 heterocycles. The van der Waals surface area contributed by atoms with E-state index in [4.69, 9.17) is 22.5 Å². The van der Waals surface area contributed by atoms with E-state index in [1.165, 1.54) is 6.07 Å². The Labute approximate surface area is 107 Å². The summed E-state index contributed by atoms with van der Waals surface area (Å²) in [6, 6.07) is 6.24. The number of hydrogen-bond acceptors (Lipinski definition) is 5. The summed E-state index contributed by atoms with van der Waals surface area (Å²) in [6.45, 7) is 0. The van der Waals surface area contributed by atoms with Crippen LogP contribution in [0.2, 0.25) is 4.34 Å². The van der Waals surface area contributed by atoms with E-state index in [0.717, 1.165) is 11.3 Å². The number of primary sulfonamides is 1. The van der Waals surface area contributed by atoms with Crippen LogP contribution in [0.4, 0.5) is 5.13 Å². The van der Waals surface area contributed by atoms with Crippen molar-refractivity contribution in [3.8, 4) is 11.3 Å². The molecule has 0 unspecified atom stereocenters. The molecule has 0 aliphatic rings. The Morgan fingerprint density at radius 3 is 2.47 bits per heavy atom. The van der Waals surface area contributed by atoms with Gasteiger partial charge in [0, 0.05) is 5.56 Å². The summed E-state index contributed by atoms with van der Waals surface area (Å²) >= 11 is 7.02. The minimum Gasteiger partial charge on any atom is -0.375 e. The first kappa shape index (κ1) is 12.3. The minimum atomic E-state index is -3.82. The highest BCUT2D eigenvalue weighted by atomic mass is 35.5. The van der Waals surface area contributed by atoms with Crippen molar-refractivity contribution in [2.75, 3.05) is 5.73 Å². The number of anilines is 1. The van der Waals surface area contributed by atoms with Crippen LogP contribution < -0.4 is 10.9 Å². The molecule has 0 bridgehead atoms. The quantitative estimate of drug-likeness (QED) is 0.879. The molecule has 0 spiro atoms. The van der Waals surface area contributed by atoms with Crippen LogP contribution in [0.3, 0.4) is 0 Å². The molecule has 1 aromatic heterocycles. The van der Waals surface area contributed by atoms with Crippen molar-refractivity contribution in [2.45, 2.75) is 4.90 Å². The molecule has 4 N–H and O–H groups in total. The number of benzene rings is 1. The molecule has 0 saturated heterocycles. The number of rotatable bonds is 2. The first-order valence-corrected chi connectivity index (χ1v) is 7.17. The van der Waals surface area contributed by atoms with Gasteiger partial charge in [0.1, 0.15) is 10.0 Å². The Bertz CT molecular complexity index is 667. The van der Waals surface area contributed by atoms with Crippen LogP contribution in [0.5, 0.6) is 0 Å². The second-order valence-corrected chi connectivity index (χ2v) is 6.38. The fourth-order valence-corrected chi connectivity index (χ4v) is 3.09. The second kappa shape index (κ2) is 4.26. The maximum absolute atomic E-state index is 11.4. The molecule has 8 heteroatoms. The number of nitrogens with zero attached hydrogens (tertiary/aromatic N) is 1. The number of halogens is 1. The third-order valence-electron chi connectivity index (χ3n) is 2.05. The predicted octanol–water partition coefficient (Wildman–Crippen LogP) is 1.69. The summed E-state index contributed by atoms with van der Waals surface area (Å²) < 4.78 is 23.2. The van der Waals surface area contributed by atoms with Gasteiger partial charge in [-0.05, 0) is 6.07 Å². The van der Waals surface area contributed by atoms with E-state index >= 15 is 0 Å². The van der Waals surface area contributed by atoms with Gasteiger partial charge in [-0.25, -0.2) is 18.5 Å². The van der Waals surface area contributed by atoms with E-state index in [1.807, 2.05) is 0 Å². The van der Waals surface area contributed by atoms with Crippen molar-refractivity contribution in [2.24, 2.45) is 5.14 Å². The standard InChI is InChI=1S/C9H8ClN3O2S2/c10-8-7(13-9(11)16-8)5-3-1-2-4-6(5)17(12,14)15/h1-4H,(H2,11,13)(H2,12,14,15). The molecule has 90 valence electrons. The van der Waals surface area contributed by atoms with Gasteiger partial charge in [-0.2, -0.15) is 0 Å². The molecule has 0 amide bonds. The highest BCUT2D eigenvalue weighted by molar-refractivity contribution is 7.89. The molecule has 5 nitrogen and oxygen atoms in total. The summed E-state index contributed by atoms with van der Waals surface area (Å²) in [4.78, 5) is 3.98. The van der Waals surface area contributed by atoms with Crippen LogP contribution in [0.25, 0.3) is 11.3 Å². The van der Waals surface area contributed by atoms with Crippen molar-refractivity contribution >= 4 is 38.1 Å². The van der Waals surface area contributed by atoms with Crippen molar-refractivity contribution < 1.29 is 8.42 Å². The lowest BCUT2D eigenvalue weighted by Crippen LogP contribution is -2.13. The average molecular weight is 290 g/mol. The molecule has 17 heavy (non-hydrogen) atoms. The van der Waals surface area contributed by atoms with Crippen LogP contribution in [0.1, 0.15) is 0 Å². The predicted molar refractivity (Wildman–Crippen MR) is 68.3 cm³/mol. The molecule has 2 rings (SSSR count). The van der Waals surface area contributed by atoms with Crippen LogP contribution in [-0.2, 0) is 10.0 Å². The van der Waals surface area contributed by atoms with Crippen LogP contribution in [-0.4, -0.2) is 13.4 Å². The molecule has 0 aliphatic carbocycles. The minimum absolute atomic E-state index is 0.0211.